The molecule has 25 heavy (non-hydrogen) atoms. The van der Waals surface area contributed by atoms with Crippen LogP contribution in [0.1, 0.15) is 10.5 Å². The number of halogens is 1. The van der Waals surface area contributed by atoms with E-state index in [1.54, 1.807) is 16.7 Å². The zero-order chi connectivity index (χ0) is 17.9. The molecule has 3 rings (SSSR count). The summed E-state index contributed by atoms with van der Waals surface area (Å²) in [6.07, 6.45) is 2.84. The lowest BCUT2D eigenvalue weighted by molar-refractivity contribution is 0.0938. The van der Waals surface area contributed by atoms with Crippen LogP contribution in [-0.4, -0.2) is 23.9 Å². The van der Waals surface area contributed by atoms with Crippen LogP contribution >= 0.6 is 15.9 Å². The predicted octanol–water partition coefficient (Wildman–Crippen LogP) is 2.26. The first-order valence-electron chi connectivity index (χ1n) is 7.13. The minimum atomic E-state index is -3.89. The molecular weight excluding hydrogens is 408 g/mol. The van der Waals surface area contributed by atoms with Gasteiger partial charge in [0.15, 0.2) is 0 Å². The molecule has 0 aliphatic rings. The first-order valence-corrected chi connectivity index (χ1v) is 9.40. The number of hydrogen-bond acceptors (Lipinski definition) is 4. The van der Waals surface area contributed by atoms with Crippen LogP contribution in [0.3, 0.4) is 0 Å². The van der Waals surface area contributed by atoms with Gasteiger partial charge in [-0.1, -0.05) is 40.2 Å². The van der Waals surface area contributed by atoms with Gasteiger partial charge in [-0.2, -0.15) is 0 Å². The lowest BCUT2D eigenvalue weighted by atomic mass is 10.3. The van der Waals surface area contributed by atoms with Crippen molar-refractivity contribution in [1.82, 2.24) is 19.8 Å². The Morgan fingerprint density at radius 2 is 1.84 bits per heavy atom. The summed E-state index contributed by atoms with van der Waals surface area (Å²) in [7, 11) is -3.89. The van der Waals surface area contributed by atoms with Gasteiger partial charge < -0.3 is 0 Å². The molecule has 0 atom stereocenters. The van der Waals surface area contributed by atoms with E-state index in [1.807, 2.05) is 30.3 Å². The van der Waals surface area contributed by atoms with E-state index in [-0.39, 0.29) is 10.6 Å². The standard InChI is InChI=1S/C16H13BrN4O3S/c17-12-5-4-8-14(9-12)25(23,24)20-19-16(22)15-10-18-11-21(15)13-6-2-1-3-7-13/h1-11,20H,(H,19,22). The van der Waals surface area contributed by atoms with Crippen molar-refractivity contribution < 1.29 is 13.2 Å². The Labute approximate surface area is 152 Å². The van der Waals surface area contributed by atoms with Crippen LogP contribution < -0.4 is 10.3 Å². The van der Waals surface area contributed by atoms with Crippen molar-refractivity contribution in [3.05, 3.63) is 77.3 Å². The molecule has 1 amide bonds. The summed E-state index contributed by atoms with van der Waals surface area (Å²) in [6.45, 7) is 0. The maximum atomic E-state index is 12.3. The Hall–Kier alpha value is -2.49. The summed E-state index contributed by atoms with van der Waals surface area (Å²) in [5.41, 5.74) is 3.13. The molecule has 1 aromatic heterocycles. The molecule has 0 aliphatic heterocycles. The maximum absolute atomic E-state index is 12.3. The van der Waals surface area contributed by atoms with Crippen LogP contribution in [0.2, 0.25) is 0 Å². The Bertz CT molecular complexity index is 1000. The number of benzene rings is 2. The summed E-state index contributed by atoms with van der Waals surface area (Å²) in [6, 6.07) is 15.3. The van der Waals surface area contributed by atoms with E-state index < -0.39 is 15.9 Å². The van der Waals surface area contributed by atoms with Gasteiger partial charge in [0.05, 0.1) is 17.4 Å². The van der Waals surface area contributed by atoms with Crippen molar-refractivity contribution >= 4 is 31.9 Å². The van der Waals surface area contributed by atoms with Gasteiger partial charge in [-0.15, -0.1) is 4.83 Å². The second kappa shape index (κ2) is 7.18. The molecule has 2 N–H and O–H groups in total. The van der Waals surface area contributed by atoms with E-state index >= 15 is 0 Å². The van der Waals surface area contributed by atoms with Gasteiger partial charge in [0, 0.05) is 10.2 Å². The molecule has 2 aromatic carbocycles. The van der Waals surface area contributed by atoms with Crippen LogP contribution in [0.15, 0.2) is 76.5 Å². The van der Waals surface area contributed by atoms with Crippen LogP contribution in [0.25, 0.3) is 5.69 Å². The highest BCUT2D eigenvalue weighted by Gasteiger charge is 2.18. The van der Waals surface area contributed by atoms with Gasteiger partial charge in [-0.05, 0) is 30.3 Å². The molecule has 1 heterocycles. The molecule has 3 aromatic rings. The van der Waals surface area contributed by atoms with Crippen molar-refractivity contribution in [1.29, 1.82) is 0 Å². The summed E-state index contributed by atoms with van der Waals surface area (Å²) in [5.74, 6) is -0.625. The number of nitrogens with zero attached hydrogens (tertiary/aromatic N) is 2. The second-order valence-electron chi connectivity index (χ2n) is 5.00. The summed E-state index contributed by atoms with van der Waals surface area (Å²) in [5, 5.41) is 0. The first kappa shape index (κ1) is 17.3. The topological polar surface area (TPSA) is 93.1 Å². The van der Waals surface area contributed by atoms with Gasteiger partial charge >= 0.3 is 0 Å². The van der Waals surface area contributed by atoms with Crippen molar-refractivity contribution in [3.8, 4) is 5.69 Å². The highest BCUT2D eigenvalue weighted by molar-refractivity contribution is 9.10. The number of amides is 1. The summed E-state index contributed by atoms with van der Waals surface area (Å²) < 4.78 is 26.7. The Morgan fingerprint density at radius 1 is 1.08 bits per heavy atom. The number of para-hydroxylation sites is 1. The minimum absolute atomic E-state index is 0.0266. The number of hydrogen-bond donors (Lipinski definition) is 2. The highest BCUT2D eigenvalue weighted by Crippen LogP contribution is 2.15. The van der Waals surface area contributed by atoms with E-state index in [1.165, 1.54) is 24.7 Å². The summed E-state index contributed by atoms with van der Waals surface area (Å²) >= 11 is 3.21. The number of carbonyl (C=O) groups is 1. The fraction of sp³-hybridized carbons (Fsp3) is 0. The van der Waals surface area contributed by atoms with Crippen molar-refractivity contribution in [2.45, 2.75) is 4.90 Å². The largest absolute Gasteiger partial charge is 0.295 e. The molecule has 0 spiro atoms. The van der Waals surface area contributed by atoms with E-state index in [4.69, 9.17) is 0 Å². The molecule has 0 aliphatic carbocycles. The van der Waals surface area contributed by atoms with Crippen molar-refractivity contribution in [3.63, 3.8) is 0 Å². The fourth-order valence-corrected chi connectivity index (χ4v) is 3.56. The number of rotatable bonds is 5. The van der Waals surface area contributed by atoms with Gasteiger partial charge in [-0.3, -0.25) is 14.8 Å². The quantitative estimate of drug-likeness (QED) is 0.619. The van der Waals surface area contributed by atoms with Crippen molar-refractivity contribution in [2.75, 3.05) is 0 Å². The van der Waals surface area contributed by atoms with Crippen LogP contribution in [0.5, 0.6) is 0 Å². The number of imidazole rings is 1. The average Bonchev–Trinajstić information content (AvgIpc) is 3.10. The maximum Gasteiger partial charge on any atom is 0.284 e. The van der Waals surface area contributed by atoms with Gasteiger partial charge in [0.2, 0.25) is 0 Å². The second-order valence-corrected chi connectivity index (χ2v) is 7.60. The predicted molar refractivity (Wildman–Crippen MR) is 95.5 cm³/mol. The molecule has 0 saturated heterocycles. The van der Waals surface area contributed by atoms with Crippen LogP contribution in [0, 0.1) is 0 Å². The van der Waals surface area contributed by atoms with E-state index in [2.05, 4.69) is 31.2 Å². The zero-order valence-electron chi connectivity index (χ0n) is 12.8. The third kappa shape index (κ3) is 3.95. The molecule has 128 valence electrons. The first-order chi connectivity index (χ1) is 12.0. The summed E-state index contributed by atoms with van der Waals surface area (Å²) in [4.78, 5) is 18.4. The molecule has 0 bridgehead atoms. The molecule has 0 radical (unpaired) electrons. The zero-order valence-corrected chi connectivity index (χ0v) is 15.2. The highest BCUT2D eigenvalue weighted by atomic mass is 79.9. The molecule has 0 fully saturated rings. The van der Waals surface area contributed by atoms with E-state index in [0.29, 0.717) is 4.47 Å². The number of carbonyl (C=O) groups excluding carboxylic acids is 1. The Morgan fingerprint density at radius 3 is 2.56 bits per heavy atom. The molecule has 7 nitrogen and oxygen atoms in total. The molecular formula is C16H13BrN4O3S. The van der Waals surface area contributed by atoms with Crippen LogP contribution in [-0.2, 0) is 10.0 Å². The average molecular weight is 421 g/mol. The van der Waals surface area contributed by atoms with Gasteiger partial charge in [0.1, 0.15) is 5.69 Å². The van der Waals surface area contributed by atoms with Crippen LogP contribution in [0.4, 0.5) is 0 Å². The van der Waals surface area contributed by atoms with E-state index in [9.17, 15) is 13.2 Å². The lowest BCUT2D eigenvalue weighted by Crippen LogP contribution is -2.42. The molecule has 0 unspecified atom stereocenters. The number of hydrazine groups is 1. The molecule has 0 saturated carbocycles. The third-order valence-corrected chi connectivity index (χ3v) is 5.05. The van der Waals surface area contributed by atoms with E-state index in [0.717, 1.165) is 5.69 Å². The molecule has 9 heteroatoms. The monoisotopic (exact) mass is 420 g/mol. The number of aromatic nitrogens is 2. The lowest BCUT2D eigenvalue weighted by Gasteiger charge is -2.10. The normalized spacial score (nSPS) is 11.2. The van der Waals surface area contributed by atoms with Gasteiger partial charge in [0.25, 0.3) is 15.9 Å². The fourth-order valence-electron chi connectivity index (χ4n) is 2.13. The Balaban J connectivity index is 1.77. The smallest absolute Gasteiger partial charge is 0.284 e. The Kier molecular flexibility index (Phi) is 4.98. The minimum Gasteiger partial charge on any atom is -0.295 e. The van der Waals surface area contributed by atoms with Gasteiger partial charge in [-0.25, -0.2) is 13.4 Å². The number of nitrogens with one attached hydrogen (secondary N) is 2. The van der Waals surface area contributed by atoms with Crippen molar-refractivity contribution in [2.24, 2.45) is 0 Å². The third-order valence-electron chi connectivity index (χ3n) is 3.31. The SMILES string of the molecule is O=C(NNS(=O)(=O)c1cccc(Br)c1)c1cncn1-c1ccccc1. The number of sulfonamides is 1.